The van der Waals surface area contributed by atoms with Crippen molar-refractivity contribution in [1.29, 1.82) is 0 Å². The number of phenols is 1. The van der Waals surface area contributed by atoms with Gasteiger partial charge in [-0.05, 0) is 42.5 Å². The molecule has 3 heterocycles. The van der Waals surface area contributed by atoms with Crippen LogP contribution in [0.25, 0.3) is 10.9 Å². The second-order valence-corrected chi connectivity index (χ2v) is 7.97. The van der Waals surface area contributed by atoms with E-state index in [9.17, 15) is 14.7 Å². The highest BCUT2D eigenvalue weighted by Crippen LogP contribution is 2.59. The van der Waals surface area contributed by atoms with Gasteiger partial charge in [-0.15, -0.1) is 0 Å². The molecule has 5 rings (SSSR count). The number of benzene rings is 1. The molecular weight excluding hydrogens is 342 g/mol. The number of pyridine rings is 1. The minimum Gasteiger partial charge on any atom is -0.508 e. The Morgan fingerprint density at radius 2 is 2.19 bits per heavy atom. The molecular formula is C21H21N3O3. The standard InChI is InChI=1S/C21H21N3O3/c1-12-9-23(2)20(27)17-16(8-22-18(12)17)19(26)24-10-14-7-21(14,11-24)13-4-3-5-15(25)6-13/h3-6,8-9,14,22,25H,7,10-11H2,1-2H3. The van der Waals surface area contributed by atoms with Crippen LogP contribution >= 0.6 is 0 Å². The van der Waals surface area contributed by atoms with Gasteiger partial charge in [-0.25, -0.2) is 0 Å². The second-order valence-electron chi connectivity index (χ2n) is 7.97. The quantitative estimate of drug-likeness (QED) is 0.733. The summed E-state index contributed by atoms with van der Waals surface area (Å²) in [6.07, 6.45) is 4.47. The molecule has 0 spiro atoms. The van der Waals surface area contributed by atoms with Gasteiger partial charge in [0.1, 0.15) is 5.75 Å². The van der Waals surface area contributed by atoms with Crippen molar-refractivity contribution in [3.8, 4) is 5.75 Å². The van der Waals surface area contributed by atoms with Crippen LogP contribution in [0.1, 0.15) is 27.9 Å². The van der Waals surface area contributed by atoms with Gasteiger partial charge in [0.2, 0.25) is 0 Å². The Morgan fingerprint density at radius 3 is 2.96 bits per heavy atom. The molecule has 1 saturated carbocycles. The summed E-state index contributed by atoms with van der Waals surface area (Å²) in [6, 6.07) is 7.35. The second kappa shape index (κ2) is 5.25. The number of piperidine rings is 1. The van der Waals surface area contributed by atoms with Crippen molar-refractivity contribution in [2.45, 2.75) is 18.8 Å². The third kappa shape index (κ3) is 2.19. The van der Waals surface area contributed by atoms with Crippen LogP contribution in [0.4, 0.5) is 0 Å². The number of likely N-dealkylation sites (tertiary alicyclic amines) is 1. The summed E-state index contributed by atoms with van der Waals surface area (Å²) in [6.45, 7) is 3.24. The van der Waals surface area contributed by atoms with E-state index in [0.717, 1.165) is 23.1 Å². The average Bonchev–Trinajstić information content (AvgIpc) is 3.02. The molecule has 0 bridgehead atoms. The molecule has 138 valence electrons. The van der Waals surface area contributed by atoms with E-state index in [1.807, 2.05) is 24.0 Å². The monoisotopic (exact) mass is 363 g/mol. The number of H-pyrrole nitrogens is 1. The molecule has 2 N–H and O–H groups in total. The van der Waals surface area contributed by atoms with Crippen LogP contribution in [0.2, 0.25) is 0 Å². The lowest BCUT2D eigenvalue weighted by Gasteiger charge is -2.21. The number of fused-ring (bicyclic) bond motifs is 2. The first kappa shape index (κ1) is 16.2. The zero-order valence-electron chi connectivity index (χ0n) is 15.3. The number of carbonyl (C=O) groups is 1. The Morgan fingerprint density at radius 1 is 1.37 bits per heavy atom. The molecule has 0 radical (unpaired) electrons. The van der Waals surface area contributed by atoms with Crippen molar-refractivity contribution < 1.29 is 9.90 Å². The molecule has 1 aromatic carbocycles. The summed E-state index contributed by atoms with van der Waals surface area (Å²) in [5, 5.41) is 10.3. The van der Waals surface area contributed by atoms with E-state index >= 15 is 0 Å². The lowest BCUT2D eigenvalue weighted by molar-refractivity contribution is 0.0774. The summed E-state index contributed by atoms with van der Waals surface area (Å²) in [5.41, 5.74) is 2.99. The van der Waals surface area contributed by atoms with Crippen molar-refractivity contribution in [3.05, 3.63) is 63.7 Å². The third-order valence-electron chi connectivity index (χ3n) is 6.28. The molecule has 2 unspecified atom stereocenters. The highest BCUT2D eigenvalue weighted by molar-refractivity contribution is 6.07. The van der Waals surface area contributed by atoms with Crippen LogP contribution in [-0.4, -0.2) is 38.6 Å². The van der Waals surface area contributed by atoms with E-state index < -0.39 is 0 Å². The molecule has 6 nitrogen and oxygen atoms in total. The van der Waals surface area contributed by atoms with Gasteiger partial charge in [0, 0.05) is 37.9 Å². The predicted octanol–water partition coefficient (Wildman–Crippen LogP) is 2.29. The zero-order chi connectivity index (χ0) is 18.9. The van der Waals surface area contributed by atoms with E-state index in [0.29, 0.717) is 30.0 Å². The Hall–Kier alpha value is -3.02. The van der Waals surface area contributed by atoms with Crippen LogP contribution in [0.5, 0.6) is 5.75 Å². The van der Waals surface area contributed by atoms with Gasteiger partial charge in [-0.2, -0.15) is 0 Å². The van der Waals surface area contributed by atoms with Crippen LogP contribution in [0, 0.1) is 12.8 Å². The van der Waals surface area contributed by atoms with Gasteiger partial charge in [0.25, 0.3) is 11.5 Å². The fraction of sp³-hybridized carbons (Fsp3) is 0.333. The number of carbonyl (C=O) groups excluding carboxylic acids is 1. The Kier molecular flexibility index (Phi) is 3.15. The van der Waals surface area contributed by atoms with Gasteiger partial charge < -0.3 is 19.6 Å². The van der Waals surface area contributed by atoms with Gasteiger partial charge >= 0.3 is 0 Å². The first-order valence-corrected chi connectivity index (χ1v) is 9.17. The number of rotatable bonds is 2. The van der Waals surface area contributed by atoms with E-state index in [2.05, 4.69) is 4.98 Å². The SMILES string of the molecule is Cc1cn(C)c(=O)c2c(C(=O)N3CC4CC4(c4cccc(O)c4)C3)c[nH]c12. The molecule has 3 aromatic rings. The lowest BCUT2D eigenvalue weighted by Crippen LogP contribution is -2.33. The number of aromatic amines is 1. The van der Waals surface area contributed by atoms with Crippen molar-refractivity contribution >= 4 is 16.8 Å². The largest absolute Gasteiger partial charge is 0.508 e. The summed E-state index contributed by atoms with van der Waals surface area (Å²) in [5.74, 6) is 0.571. The fourth-order valence-corrected chi connectivity index (χ4v) is 4.79. The lowest BCUT2D eigenvalue weighted by atomic mass is 9.95. The first-order chi connectivity index (χ1) is 12.9. The van der Waals surface area contributed by atoms with Gasteiger partial charge in [0.05, 0.1) is 16.5 Å². The average molecular weight is 363 g/mol. The van der Waals surface area contributed by atoms with Crippen molar-refractivity contribution in [3.63, 3.8) is 0 Å². The maximum absolute atomic E-state index is 13.2. The summed E-state index contributed by atoms with van der Waals surface area (Å²) in [4.78, 5) is 30.8. The number of aromatic hydroxyl groups is 1. The maximum atomic E-state index is 13.2. The predicted molar refractivity (Wildman–Crippen MR) is 102 cm³/mol. The van der Waals surface area contributed by atoms with Crippen molar-refractivity contribution in [1.82, 2.24) is 14.5 Å². The number of aromatic nitrogens is 2. The normalized spacial score (nSPS) is 23.6. The van der Waals surface area contributed by atoms with Crippen LogP contribution in [-0.2, 0) is 12.5 Å². The Labute approximate surface area is 156 Å². The fourth-order valence-electron chi connectivity index (χ4n) is 4.79. The first-order valence-electron chi connectivity index (χ1n) is 9.17. The number of aryl methyl sites for hydroxylation is 2. The van der Waals surface area contributed by atoms with Crippen LogP contribution in [0.3, 0.4) is 0 Å². The number of nitrogens with zero attached hydrogens (tertiary/aromatic N) is 2. The van der Waals surface area contributed by atoms with E-state index in [4.69, 9.17) is 0 Å². The van der Waals surface area contributed by atoms with Crippen LogP contribution < -0.4 is 5.56 Å². The number of nitrogens with one attached hydrogen (secondary N) is 1. The number of amides is 1. The smallest absolute Gasteiger partial charge is 0.260 e. The minimum absolute atomic E-state index is 0.0542. The molecule has 2 fully saturated rings. The molecule has 1 aliphatic carbocycles. The van der Waals surface area contributed by atoms with Crippen LogP contribution in [0.15, 0.2) is 41.5 Å². The molecule has 27 heavy (non-hydrogen) atoms. The molecule has 1 amide bonds. The number of phenolic OH excluding ortho intramolecular Hbond substituents is 1. The molecule has 6 heteroatoms. The Bertz CT molecular complexity index is 1160. The molecule has 2 aliphatic rings. The molecule has 2 atom stereocenters. The van der Waals surface area contributed by atoms with Gasteiger partial charge in [-0.3, -0.25) is 9.59 Å². The van der Waals surface area contributed by atoms with E-state index in [-0.39, 0.29) is 22.6 Å². The van der Waals surface area contributed by atoms with Crippen molar-refractivity contribution in [2.24, 2.45) is 13.0 Å². The third-order valence-corrected chi connectivity index (χ3v) is 6.28. The summed E-state index contributed by atoms with van der Waals surface area (Å²) >= 11 is 0. The topological polar surface area (TPSA) is 78.3 Å². The summed E-state index contributed by atoms with van der Waals surface area (Å²) < 4.78 is 1.53. The van der Waals surface area contributed by atoms with Gasteiger partial charge in [0.15, 0.2) is 0 Å². The zero-order valence-corrected chi connectivity index (χ0v) is 15.3. The number of hydrogen-bond donors (Lipinski definition) is 2. The van der Waals surface area contributed by atoms with Crippen molar-refractivity contribution in [2.75, 3.05) is 13.1 Å². The number of hydrogen-bond acceptors (Lipinski definition) is 3. The maximum Gasteiger partial charge on any atom is 0.260 e. The highest BCUT2D eigenvalue weighted by atomic mass is 16.3. The molecule has 1 saturated heterocycles. The highest BCUT2D eigenvalue weighted by Gasteiger charge is 2.61. The van der Waals surface area contributed by atoms with E-state index in [1.54, 1.807) is 31.6 Å². The van der Waals surface area contributed by atoms with E-state index in [1.165, 1.54) is 4.57 Å². The summed E-state index contributed by atoms with van der Waals surface area (Å²) in [7, 11) is 1.71. The molecule has 1 aliphatic heterocycles. The Balaban J connectivity index is 1.50. The minimum atomic E-state index is -0.160. The van der Waals surface area contributed by atoms with Gasteiger partial charge in [-0.1, -0.05) is 12.1 Å². The molecule has 2 aromatic heterocycles.